The van der Waals surface area contributed by atoms with Crippen molar-refractivity contribution < 1.29 is 33.0 Å². The summed E-state index contributed by atoms with van der Waals surface area (Å²) in [6.07, 6.45) is -0.397. The van der Waals surface area contributed by atoms with Gasteiger partial charge in [0.15, 0.2) is 13.9 Å². The van der Waals surface area contributed by atoms with Crippen LogP contribution in [0.15, 0.2) is 29.8 Å². The molecule has 48 heavy (non-hydrogen) atoms. The molecule has 0 radical (unpaired) electrons. The summed E-state index contributed by atoms with van der Waals surface area (Å²) < 4.78 is 21.8. The highest BCUT2D eigenvalue weighted by atomic mass is 35.6. The van der Waals surface area contributed by atoms with Gasteiger partial charge in [0.05, 0.1) is 24.3 Å². The molecule has 0 N–H and O–H groups in total. The van der Waals surface area contributed by atoms with E-state index >= 15 is 0 Å². The molecule has 0 aromatic heterocycles. The lowest BCUT2D eigenvalue weighted by atomic mass is 9.81. The molecule has 2 aliphatic heterocycles. The van der Waals surface area contributed by atoms with Gasteiger partial charge in [-0.25, -0.2) is 14.4 Å². The van der Waals surface area contributed by atoms with E-state index in [4.69, 9.17) is 53.4 Å². The Hall–Kier alpha value is -1.98. The second-order valence-corrected chi connectivity index (χ2v) is 22.8. The highest BCUT2D eigenvalue weighted by molar-refractivity contribution is 6.74. The van der Waals surface area contributed by atoms with Crippen LogP contribution in [0, 0.1) is 0 Å². The Morgan fingerprint density at radius 1 is 0.958 bits per heavy atom. The zero-order valence-electron chi connectivity index (χ0n) is 30.5. The smallest absolute Gasteiger partial charge is 0.411 e. The topological polar surface area (TPSA) is 94.6 Å². The number of benzene rings is 1. The Bertz CT molecular complexity index is 1400. The van der Waals surface area contributed by atoms with Gasteiger partial charge in [-0.3, -0.25) is 4.90 Å². The minimum absolute atomic E-state index is 0.0145. The first-order chi connectivity index (χ1) is 21.8. The molecule has 0 spiro atoms. The molecule has 2 amide bonds. The molecule has 9 nitrogen and oxygen atoms in total. The normalized spacial score (nSPS) is 20.0. The van der Waals surface area contributed by atoms with Gasteiger partial charge in [0.1, 0.15) is 5.60 Å². The lowest BCUT2D eigenvalue weighted by Gasteiger charge is -2.50. The Kier molecular flexibility index (Phi) is 12.4. The first-order valence-electron chi connectivity index (χ1n) is 16.5. The summed E-state index contributed by atoms with van der Waals surface area (Å²) in [5.74, 6) is -0.583. The minimum atomic E-state index is -1.98. The number of carbonyl (C=O) groups is 3. The highest BCUT2D eigenvalue weighted by Gasteiger charge is 2.52. The SMILES string of the molecule is CCOC(=O)C1=C(c2cccc(CC(C)O[Si](C)(C)C(C)(C)C)c2)CC2CN(C(=O)OC(C)(C)C)CC1N2C(=O)OC(C)(C)C(Cl)(Cl)Cl. The zero-order chi connectivity index (χ0) is 36.6. The van der Waals surface area contributed by atoms with E-state index < -0.39 is 53.6 Å². The second kappa shape index (κ2) is 14.7. The van der Waals surface area contributed by atoms with Gasteiger partial charge >= 0.3 is 18.2 Å². The summed E-state index contributed by atoms with van der Waals surface area (Å²) in [6.45, 7) is 23.5. The van der Waals surface area contributed by atoms with Crippen LogP contribution in [0.1, 0.15) is 86.8 Å². The number of piperazine rings is 1. The van der Waals surface area contributed by atoms with Crippen LogP contribution >= 0.6 is 34.8 Å². The van der Waals surface area contributed by atoms with Crippen molar-refractivity contribution in [3.63, 3.8) is 0 Å². The standard InChI is InChI=1S/C35H53Cl3N2O7Si/c1-13-44-29(41)28-26(24-16-14-15-23(18-24)17-22(2)47-48(11,12)33(6,7)8)19-25-20-39(30(42)45-32(3,4)5)21-27(28)40(25)31(43)46-34(9,10)35(36,37)38/h14-16,18,22,25,27H,13,17,19-21H2,1-12H3. The molecular formula is C35H53Cl3N2O7Si. The molecule has 13 heteroatoms. The van der Waals surface area contributed by atoms with Crippen molar-refractivity contribution in [3.8, 4) is 0 Å². The van der Waals surface area contributed by atoms with Crippen molar-refractivity contribution in [2.45, 2.75) is 133 Å². The molecule has 0 aliphatic carbocycles. The number of hydrogen-bond donors (Lipinski definition) is 0. The van der Waals surface area contributed by atoms with Crippen LogP contribution < -0.4 is 0 Å². The second-order valence-electron chi connectivity index (χ2n) is 15.7. The van der Waals surface area contributed by atoms with Gasteiger partial charge in [-0.2, -0.15) is 0 Å². The van der Waals surface area contributed by atoms with E-state index in [1.54, 1.807) is 27.7 Å². The number of halogens is 3. The van der Waals surface area contributed by atoms with Gasteiger partial charge in [0.25, 0.3) is 0 Å². The number of carbonyl (C=O) groups excluding carboxylic acids is 3. The average molecular weight is 748 g/mol. The molecule has 1 fully saturated rings. The van der Waals surface area contributed by atoms with Crippen LogP contribution in [0.3, 0.4) is 0 Å². The fourth-order valence-corrected chi connectivity index (χ4v) is 7.23. The Labute approximate surface area is 302 Å². The lowest BCUT2D eigenvalue weighted by molar-refractivity contribution is -0.140. The molecule has 1 aromatic carbocycles. The molecule has 2 bridgehead atoms. The van der Waals surface area contributed by atoms with E-state index in [1.807, 2.05) is 12.1 Å². The van der Waals surface area contributed by atoms with E-state index in [2.05, 4.69) is 52.9 Å². The maximum atomic E-state index is 13.9. The molecule has 1 aromatic rings. The molecular weight excluding hydrogens is 695 g/mol. The van der Waals surface area contributed by atoms with E-state index in [1.165, 1.54) is 23.6 Å². The number of nitrogens with zero attached hydrogens (tertiary/aromatic N) is 2. The van der Waals surface area contributed by atoms with Gasteiger partial charge in [-0.1, -0.05) is 79.8 Å². The van der Waals surface area contributed by atoms with Crippen molar-refractivity contribution in [2.75, 3.05) is 19.7 Å². The van der Waals surface area contributed by atoms with Crippen LogP contribution in [-0.4, -0.2) is 89.2 Å². The van der Waals surface area contributed by atoms with Crippen LogP contribution in [0.5, 0.6) is 0 Å². The summed E-state index contributed by atoms with van der Waals surface area (Å²) in [7, 11) is -1.98. The number of ether oxygens (including phenoxy) is 3. The van der Waals surface area contributed by atoms with E-state index in [9.17, 15) is 14.4 Å². The van der Waals surface area contributed by atoms with Crippen LogP contribution in [-0.2, 0) is 29.9 Å². The number of hydrogen-bond acceptors (Lipinski definition) is 7. The van der Waals surface area contributed by atoms with E-state index in [0.29, 0.717) is 6.42 Å². The Morgan fingerprint density at radius 3 is 2.12 bits per heavy atom. The molecule has 0 saturated carbocycles. The van der Waals surface area contributed by atoms with Crippen molar-refractivity contribution in [1.29, 1.82) is 0 Å². The van der Waals surface area contributed by atoms with Gasteiger partial charge in [-0.05, 0) is 96.1 Å². The van der Waals surface area contributed by atoms with Gasteiger partial charge in [-0.15, -0.1) is 0 Å². The number of esters is 1. The number of fused-ring (bicyclic) bond motifs is 2. The third-order valence-corrected chi connectivity index (χ3v) is 15.1. The number of amides is 2. The molecule has 270 valence electrons. The third-order valence-electron chi connectivity index (χ3n) is 9.14. The summed E-state index contributed by atoms with van der Waals surface area (Å²) in [5, 5.41) is 0.0799. The maximum absolute atomic E-state index is 13.9. The first-order valence-corrected chi connectivity index (χ1v) is 20.6. The zero-order valence-corrected chi connectivity index (χ0v) is 33.7. The average Bonchev–Trinajstić information content (AvgIpc) is 2.89. The van der Waals surface area contributed by atoms with Crippen molar-refractivity contribution in [3.05, 3.63) is 41.0 Å². The highest BCUT2D eigenvalue weighted by Crippen LogP contribution is 2.44. The molecule has 2 aliphatic rings. The third kappa shape index (κ3) is 9.62. The fraction of sp³-hybridized carbons (Fsp3) is 0.686. The monoisotopic (exact) mass is 746 g/mol. The molecule has 3 atom stereocenters. The van der Waals surface area contributed by atoms with Gasteiger partial charge < -0.3 is 23.5 Å². The van der Waals surface area contributed by atoms with Crippen LogP contribution in [0.2, 0.25) is 18.1 Å². The first kappa shape index (κ1) is 40.4. The largest absolute Gasteiger partial charge is 0.463 e. The predicted molar refractivity (Wildman–Crippen MR) is 194 cm³/mol. The minimum Gasteiger partial charge on any atom is -0.463 e. The van der Waals surface area contributed by atoms with Gasteiger partial charge in [0, 0.05) is 19.2 Å². The molecule has 2 heterocycles. The maximum Gasteiger partial charge on any atom is 0.411 e. The Balaban J connectivity index is 2.10. The van der Waals surface area contributed by atoms with E-state index in [-0.39, 0.29) is 42.8 Å². The Morgan fingerprint density at radius 2 is 1.58 bits per heavy atom. The summed E-state index contributed by atoms with van der Waals surface area (Å²) in [4.78, 5) is 44.1. The van der Waals surface area contributed by atoms with Crippen molar-refractivity contribution >= 4 is 66.8 Å². The number of alkyl halides is 3. The number of rotatable bonds is 8. The van der Waals surface area contributed by atoms with Crippen molar-refractivity contribution in [2.24, 2.45) is 0 Å². The molecule has 3 unspecified atom stereocenters. The fourth-order valence-electron chi connectivity index (χ4n) is 5.67. The molecule has 3 rings (SSSR count). The summed E-state index contributed by atoms with van der Waals surface area (Å²) in [6, 6.07) is 6.55. The van der Waals surface area contributed by atoms with Crippen molar-refractivity contribution in [1.82, 2.24) is 9.80 Å². The van der Waals surface area contributed by atoms with Crippen LogP contribution in [0.4, 0.5) is 9.59 Å². The summed E-state index contributed by atoms with van der Waals surface area (Å²) in [5.41, 5.74) is 0.670. The van der Waals surface area contributed by atoms with Gasteiger partial charge in [0.2, 0.25) is 3.79 Å². The van der Waals surface area contributed by atoms with Crippen LogP contribution in [0.25, 0.3) is 5.57 Å². The predicted octanol–water partition coefficient (Wildman–Crippen LogP) is 8.94. The van der Waals surface area contributed by atoms with E-state index in [0.717, 1.165) is 16.7 Å². The molecule has 1 saturated heterocycles. The lowest BCUT2D eigenvalue weighted by Crippen LogP contribution is -2.66. The summed E-state index contributed by atoms with van der Waals surface area (Å²) >= 11 is 18.5. The quantitative estimate of drug-likeness (QED) is 0.113.